The number of hydrogen-bond acceptors (Lipinski definition) is 5. The van der Waals surface area contributed by atoms with Gasteiger partial charge in [0, 0.05) is 25.0 Å². The molecule has 4 aromatic rings. The van der Waals surface area contributed by atoms with Crippen LogP contribution in [0.25, 0.3) is 0 Å². The van der Waals surface area contributed by atoms with Crippen LogP contribution in [0.1, 0.15) is 40.2 Å². The fourth-order valence-corrected chi connectivity index (χ4v) is 6.59. The number of benzene rings is 3. The van der Waals surface area contributed by atoms with Crippen molar-refractivity contribution in [3.05, 3.63) is 113 Å². The fraction of sp³-hybridized carbons (Fsp3) is 0.200. The van der Waals surface area contributed by atoms with E-state index in [2.05, 4.69) is 10.3 Å². The summed E-state index contributed by atoms with van der Waals surface area (Å²) in [4.78, 5) is 19.7. The lowest BCUT2D eigenvalue weighted by atomic mass is 9.89. The molecule has 1 amide bonds. The Balaban J connectivity index is 1.49. The molecule has 3 aromatic carbocycles. The minimum absolute atomic E-state index is 0.0585. The second kappa shape index (κ2) is 11.2. The molecular weight excluding hydrogens is 537 g/mol. The molecule has 0 aliphatic carbocycles. The average molecular weight is 564 g/mol. The Morgan fingerprint density at radius 3 is 2.28 bits per heavy atom. The first-order chi connectivity index (χ1) is 18.8. The summed E-state index contributed by atoms with van der Waals surface area (Å²) in [7, 11) is -4.04. The van der Waals surface area contributed by atoms with Gasteiger partial charge in [-0.05, 0) is 67.1 Å². The minimum Gasteiger partial charge on any atom is -0.353 e. The van der Waals surface area contributed by atoms with Crippen LogP contribution in [0.3, 0.4) is 0 Å². The maximum absolute atomic E-state index is 13.8. The Hall–Kier alpha value is -3.75. The third-order valence-corrected chi connectivity index (χ3v) is 9.25. The number of piperidine rings is 1. The predicted molar refractivity (Wildman–Crippen MR) is 150 cm³/mol. The normalized spacial score (nSPS) is 14.3. The number of likely N-dealkylation sites (tertiary alicyclic amines) is 1. The molecule has 1 saturated heterocycles. The van der Waals surface area contributed by atoms with E-state index in [1.165, 1.54) is 30.5 Å². The zero-order chi connectivity index (χ0) is 27.6. The molecule has 0 atom stereocenters. The van der Waals surface area contributed by atoms with Gasteiger partial charge in [0.2, 0.25) is 9.84 Å². The molecule has 0 unspecified atom stereocenters. The highest BCUT2D eigenvalue weighted by atomic mass is 35.5. The van der Waals surface area contributed by atoms with E-state index in [9.17, 15) is 17.6 Å². The Bertz CT molecular complexity index is 1600. The van der Waals surface area contributed by atoms with E-state index in [1.54, 1.807) is 35.2 Å². The van der Waals surface area contributed by atoms with E-state index in [-0.39, 0.29) is 43.8 Å². The first-order valence-electron chi connectivity index (χ1n) is 12.6. The number of carbonyl (C=O) groups is 1. The number of sulfone groups is 1. The van der Waals surface area contributed by atoms with Gasteiger partial charge in [-0.15, -0.1) is 0 Å². The highest BCUT2D eigenvalue weighted by molar-refractivity contribution is 7.91. The van der Waals surface area contributed by atoms with Crippen LogP contribution in [0.15, 0.2) is 95.0 Å². The summed E-state index contributed by atoms with van der Waals surface area (Å²) in [5.41, 5.74) is 3.02. The van der Waals surface area contributed by atoms with Crippen molar-refractivity contribution in [1.82, 2.24) is 9.88 Å². The van der Waals surface area contributed by atoms with Crippen LogP contribution < -0.4 is 5.32 Å². The fourth-order valence-electron chi connectivity index (χ4n) is 4.82. The van der Waals surface area contributed by atoms with Crippen LogP contribution in [-0.2, 0) is 9.84 Å². The molecule has 0 saturated carbocycles. The number of rotatable bonds is 6. The summed E-state index contributed by atoms with van der Waals surface area (Å²) < 4.78 is 40.2. The highest BCUT2D eigenvalue weighted by Gasteiger charge is 2.31. The standard InChI is InChI=1S/C30H27ClFN3O3S/c1-20-7-5-6-10-26(20)34-28-25(19-33-29(27(28)31)39(37,38)24-8-3-2-4-9-24)30(36)35-17-15-22(16-18-35)21-11-13-23(32)14-12-21/h2-14,19,22H,15-18H2,1H3,(H,33,34). The summed E-state index contributed by atoms with van der Waals surface area (Å²) in [6.45, 7) is 2.89. The number of aryl methyl sites for hydroxylation is 1. The first-order valence-corrected chi connectivity index (χ1v) is 14.5. The van der Waals surface area contributed by atoms with Gasteiger partial charge in [0.25, 0.3) is 5.91 Å². The number of aromatic nitrogens is 1. The minimum atomic E-state index is -4.04. The molecule has 9 heteroatoms. The average Bonchev–Trinajstić information content (AvgIpc) is 2.95. The molecule has 39 heavy (non-hydrogen) atoms. The lowest BCUT2D eigenvalue weighted by Crippen LogP contribution is -2.38. The van der Waals surface area contributed by atoms with Crippen molar-refractivity contribution in [2.45, 2.75) is 35.6 Å². The largest absolute Gasteiger partial charge is 0.353 e. The Kier molecular flexibility index (Phi) is 7.68. The van der Waals surface area contributed by atoms with Gasteiger partial charge in [-0.25, -0.2) is 17.8 Å². The molecule has 1 aromatic heterocycles. The maximum atomic E-state index is 13.8. The zero-order valence-corrected chi connectivity index (χ0v) is 22.8. The number of anilines is 2. The van der Waals surface area contributed by atoms with Crippen LogP contribution in [0.4, 0.5) is 15.8 Å². The van der Waals surface area contributed by atoms with Crippen molar-refractivity contribution in [3.8, 4) is 0 Å². The monoisotopic (exact) mass is 563 g/mol. The molecule has 1 N–H and O–H groups in total. The summed E-state index contributed by atoms with van der Waals surface area (Å²) >= 11 is 6.74. The molecule has 2 heterocycles. The number of nitrogens with one attached hydrogen (secondary N) is 1. The van der Waals surface area contributed by atoms with Gasteiger partial charge in [0.15, 0.2) is 5.03 Å². The van der Waals surface area contributed by atoms with Crippen LogP contribution in [-0.4, -0.2) is 37.3 Å². The molecule has 1 fully saturated rings. The second-order valence-corrected chi connectivity index (χ2v) is 11.8. The lowest BCUT2D eigenvalue weighted by Gasteiger charge is -2.33. The van der Waals surface area contributed by atoms with Gasteiger partial charge < -0.3 is 10.2 Å². The van der Waals surface area contributed by atoms with E-state index in [0.717, 1.165) is 24.0 Å². The number of hydrogen-bond donors (Lipinski definition) is 1. The van der Waals surface area contributed by atoms with Gasteiger partial charge in [-0.3, -0.25) is 4.79 Å². The maximum Gasteiger partial charge on any atom is 0.257 e. The second-order valence-electron chi connectivity index (χ2n) is 9.54. The van der Waals surface area contributed by atoms with Crippen molar-refractivity contribution in [2.24, 2.45) is 0 Å². The zero-order valence-electron chi connectivity index (χ0n) is 21.3. The van der Waals surface area contributed by atoms with Crippen molar-refractivity contribution >= 4 is 38.7 Å². The number of para-hydroxylation sites is 1. The molecule has 6 nitrogen and oxygen atoms in total. The number of amides is 1. The van der Waals surface area contributed by atoms with Gasteiger partial charge in [0.05, 0.1) is 16.1 Å². The smallest absolute Gasteiger partial charge is 0.257 e. The number of nitrogens with zero attached hydrogens (tertiary/aromatic N) is 2. The predicted octanol–water partition coefficient (Wildman–Crippen LogP) is 6.78. The lowest BCUT2D eigenvalue weighted by molar-refractivity contribution is 0.0713. The molecule has 5 rings (SSSR count). The molecule has 0 radical (unpaired) electrons. The molecule has 1 aliphatic rings. The van der Waals surface area contributed by atoms with Crippen molar-refractivity contribution in [1.29, 1.82) is 0 Å². The van der Waals surface area contributed by atoms with E-state index in [0.29, 0.717) is 18.8 Å². The van der Waals surface area contributed by atoms with Crippen LogP contribution in [0.2, 0.25) is 5.02 Å². The van der Waals surface area contributed by atoms with Gasteiger partial charge in [-0.1, -0.05) is 60.1 Å². The van der Waals surface area contributed by atoms with E-state index in [4.69, 9.17) is 11.6 Å². The number of halogens is 2. The van der Waals surface area contributed by atoms with Crippen molar-refractivity contribution < 1.29 is 17.6 Å². The molecule has 200 valence electrons. The van der Waals surface area contributed by atoms with Gasteiger partial charge in [-0.2, -0.15) is 0 Å². The molecule has 1 aliphatic heterocycles. The van der Waals surface area contributed by atoms with Crippen molar-refractivity contribution in [2.75, 3.05) is 18.4 Å². The first kappa shape index (κ1) is 26.8. The Morgan fingerprint density at radius 2 is 1.62 bits per heavy atom. The number of pyridine rings is 1. The Labute approximate surface area is 232 Å². The summed E-state index contributed by atoms with van der Waals surface area (Å²) in [5, 5.41) is 2.75. The third kappa shape index (κ3) is 5.53. The summed E-state index contributed by atoms with van der Waals surface area (Å²) in [5.74, 6) is -0.344. The number of carbonyl (C=O) groups excluding carboxylic acids is 1. The van der Waals surface area contributed by atoms with Crippen LogP contribution >= 0.6 is 11.6 Å². The Morgan fingerprint density at radius 1 is 0.974 bits per heavy atom. The highest BCUT2D eigenvalue weighted by Crippen LogP contribution is 2.38. The SMILES string of the molecule is Cc1ccccc1Nc1c(C(=O)N2CCC(c3ccc(F)cc3)CC2)cnc(S(=O)(=O)c2ccccc2)c1Cl. The summed E-state index contributed by atoms with van der Waals surface area (Å²) in [6, 6.07) is 21.9. The summed E-state index contributed by atoms with van der Waals surface area (Å²) in [6.07, 6.45) is 2.73. The third-order valence-electron chi connectivity index (χ3n) is 7.05. The van der Waals surface area contributed by atoms with E-state index in [1.807, 2.05) is 31.2 Å². The molecule has 0 bridgehead atoms. The topological polar surface area (TPSA) is 79.4 Å². The van der Waals surface area contributed by atoms with E-state index >= 15 is 0 Å². The molecular formula is C30H27ClFN3O3S. The van der Waals surface area contributed by atoms with Crippen LogP contribution in [0, 0.1) is 12.7 Å². The van der Waals surface area contributed by atoms with Crippen LogP contribution in [0.5, 0.6) is 0 Å². The van der Waals surface area contributed by atoms with Gasteiger partial charge >= 0.3 is 0 Å². The quantitative estimate of drug-likeness (QED) is 0.280. The van der Waals surface area contributed by atoms with E-state index < -0.39 is 9.84 Å². The van der Waals surface area contributed by atoms with Crippen molar-refractivity contribution in [3.63, 3.8) is 0 Å². The van der Waals surface area contributed by atoms with Gasteiger partial charge in [0.1, 0.15) is 10.8 Å². The molecule has 0 spiro atoms.